The van der Waals surface area contributed by atoms with Crippen LogP contribution in [0, 0.1) is 0 Å². The largest absolute Gasteiger partial charge is 0.276 e. The van der Waals surface area contributed by atoms with Gasteiger partial charge in [-0.1, -0.05) is 46.3 Å². The molecule has 16 heavy (non-hydrogen) atoms. The van der Waals surface area contributed by atoms with Gasteiger partial charge in [-0.25, -0.2) is 0 Å². The minimum Gasteiger partial charge on any atom is -0.276 e. The Bertz CT molecular complexity index is 523. The van der Waals surface area contributed by atoms with Gasteiger partial charge in [0.25, 0.3) is 5.24 Å². The Kier molecular flexibility index (Phi) is 3.42. The second-order valence-corrected chi connectivity index (χ2v) is 4.59. The molecule has 0 N–H and O–H groups in total. The third-order valence-corrected chi connectivity index (χ3v) is 2.98. The van der Waals surface area contributed by atoms with Gasteiger partial charge in [0.2, 0.25) is 0 Å². The van der Waals surface area contributed by atoms with Crippen molar-refractivity contribution in [2.75, 3.05) is 0 Å². The number of carbonyl (C=O) groups excluding carboxylic acids is 1. The Morgan fingerprint density at radius 1 is 1.06 bits per heavy atom. The molecule has 0 heterocycles. The lowest BCUT2D eigenvalue weighted by Gasteiger charge is -2.06. The van der Waals surface area contributed by atoms with Crippen molar-refractivity contribution in [3.8, 4) is 11.1 Å². The quantitative estimate of drug-likeness (QED) is 0.746. The first kappa shape index (κ1) is 11.4. The zero-order chi connectivity index (χ0) is 11.5. The molecule has 0 radical (unpaired) electrons. The van der Waals surface area contributed by atoms with E-state index in [1.54, 1.807) is 6.07 Å². The lowest BCUT2D eigenvalue weighted by molar-refractivity contribution is 0.108. The normalized spacial score (nSPS) is 10.1. The highest BCUT2D eigenvalue weighted by Crippen LogP contribution is 2.28. The van der Waals surface area contributed by atoms with Crippen LogP contribution in [0.2, 0.25) is 0 Å². The molecule has 0 aliphatic carbocycles. The summed E-state index contributed by atoms with van der Waals surface area (Å²) >= 11 is 8.94. The molecule has 0 aliphatic rings. The highest BCUT2D eigenvalue weighted by atomic mass is 79.9. The van der Waals surface area contributed by atoms with Gasteiger partial charge in [-0.05, 0) is 40.9 Å². The Morgan fingerprint density at radius 2 is 1.75 bits per heavy atom. The fourth-order valence-corrected chi connectivity index (χ4v) is 2.07. The van der Waals surface area contributed by atoms with Gasteiger partial charge in [0.05, 0.1) is 0 Å². The summed E-state index contributed by atoms with van der Waals surface area (Å²) in [6, 6.07) is 15.1. The molecule has 1 nitrogen and oxygen atoms in total. The van der Waals surface area contributed by atoms with E-state index >= 15 is 0 Å². The van der Waals surface area contributed by atoms with E-state index < -0.39 is 5.24 Å². The smallest absolute Gasteiger partial charge is 0.253 e. The SMILES string of the molecule is O=C(Cl)c1ccc(Br)cc1-c1ccccc1. The number of hydrogen-bond donors (Lipinski definition) is 0. The zero-order valence-corrected chi connectivity index (χ0v) is 10.6. The number of benzene rings is 2. The summed E-state index contributed by atoms with van der Waals surface area (Å²) in [7, 11) is 0. The molecule has 0 aliphatic heterocycles. The molecule has 2 rings (SSSR count). The molecule has 80 valence electrons. The number of halogens is 2. The Balaban J connectivity index is 2.63. The molecule has 0 unspecified atom stereocenters. The summed E-state index contributed by atoms with van der Waals surface area (Å²) in [5.41, 5.74) is 2.35. The molecule has 0 saturated carbocycles. The molecule has 2 aromatic rings. The molecule has 0 saturated heterocycles. The molecular formula is C13H8BrClO. The highest BCUT2D eigenvalue weighted by molar-refractivity contribution is 9.10. The summed E-state index contributed by atoms with van der Waals surface area (Å²) < 4.78 is 0.924. The molecule has 0 atom stereocenters. The van der Waals surface area contributed by atoms with E-state index in [0.717, 1.165) is 15.6 Å². The van der Waals surface area contributed by atoms with E-state index in [1.165, 1.54) is 0 Å². The standard InChI is InChI=1S/C13H8BrClO/c14-10-6-7-11(13(15)16)12(8-10)9-4-2-1-3-5-9/h1-8H. The van der Waals surface area contributed by atoms with Crippen LogP contribution >= 0.6 is 27.5 Å². The van der Waals surface area contributed by atoms with Crippen LogP contribution in [0.5, 0.6) is 0 Å². The lowest BCUT2D eigenvalue weighted by Crippen LogP contribution is -1.93. The number of rotatable bonds is 2. The van der Waals surface area contributed by atoms with Gasteiger partial charge in [-0.3, -0.25) is 4.79 Å². The van der Waals surface area contributed by atoms with Crippen molar-refractivity contribution in [3.63, 3.8) is 0 Å². The predicted molar refractivity (Wildman–Crippen MR) is 69.8 cm³/mol. The van der Waals surface area contributed by atoms with Crippen molar-refractivity contribution in [3.05, 3.63) is 58.6 Å². The van der Waals surface area contributed by atoms with Gasteiger partial charge in [0.15, 0.2) is 0 Å². The van der Waals surface area contributed by atoms with Gasteiger partial charge < -0.3 is 0 Å². The number of carbonyl (C=O) groups is 1. The first-order chi connectivity index (χ1) is 7.68. The molecule has 2 aromatic carbocycles. The van der Waals surface area contributed by atoms with Gasteiger partial charge in [0.1, 0.15) is 0 Å². The maximum atomic E-state index is 11.3. The fraction of sp³-hybridized carbons (Fsp3) is 0. The van der Waals surface area contributed by atoms with Crippen LogP contribution in [0.3, 0.4) is 0 Å². The lowest BCUT2D eigenvalue weighted by atomic mass is 10.0. The van der Waals surface area contributed by atoms with Crippen molar-refractivity contribution >= 4 is 32.8 Å². The summed E-state index contributed by atoms with van der Waals surface area (Å²) in [5.74, 6) is 0. The Labute approximate surface area is 107 Å². The second-order valence-electron chi connectivity index (χ2n) is 3.33. The van der Waals surface area contributed by atoms with E-state index in [1.807, 2.05) is 42.5 Å². The van der Waals surface area contributed by atoms with E-state index in [2.05, 4.69) is 15.9 Å². The van der Waals surface area contributed by atoms with Crippen LogP contribution in [0.15, 0.2) is 53.0 Å². The van der Waals surface area contributed by atoms with Gasteiger partial charge >= 0.3 is 0 Å². The first-order valence-corrected chi connectivity index (χ1v) is 5.90. The van der Waals surface area contributed by atoms with Crippen molar-refractivity contribution in [2.24, 2.45) is 0 Å². The second kappa shape index (κ2) is 4.81. The third kappa shape index (κ3) is 2.34. The molecule has 3 heteroatoms. The fourth-order valence-electron chi connectivity index (χ4n) is 1.54. The molecule has 0 bridgehead atoms. The van der Waals surface area contributed by atoms with E-state index in [9.17, 15) is 4.79 Å². The topological polar surface area (TPSA) is 17.1 Å². The average molecular weight is 296 g/mol. The minimum atomic E-state index is -0.439. The van der Waals surface area contributed by atoms with E-state index in [-0.39, 0.29) is 0 Å². The van der Waals surface area contributed by atoms with Gasteiger partial charge in [0, 0.05) is 10.0 Å². The highest BCUT2D eigenvalue weighted by Gasteiger charge is 2.10. The van der Waals surface area contributed by atoms with Crippen molar-refractivity contribution in [1.29, 1.82) is 0 Å². The molecular weight excluding hydrogens is 287 g/mol. The summed E-state index contributed by atoms with van der Waals surface area (Å²) in [4.78, 5) is 11.3. The van der Waals surface area contributed by atoms with Crippen molar-refractivity contribution < 1.29 is 4.79 Å². The Hall–Kier alpha value is -1.12. The first-order valence-electron chi connectivity index (χ1n) is 4.73. The van der Waals surface area contributed by atoms with Crippen LogP contribution in [0.25, 0.3) is 11.1 Å². The summed E-state index contributed by atoms with van der Waals surface area (Å²) in [5, 5.41) is -0.439. The molecule has 0 fully saturated rings. The maximum Gasteiger partial charge on any atom is 0.253 e. The van der Waals surface area contributed by atoms with Crippen LogP contribution in [0.4, 0.5) is 0 Å². The van der Waals surface area contributed by atoms with Gasteiger partial charge in [-0.15, -0.1) is 0 Å². The van der Waals surface area contributed by atoms with Crippen LogP contribution in [-0.2, 0) is 0 Å². The van der Waals surface area contributed by atoms with E-state index in [0.29, 0.717) is 5.56 Å². The van der Waals surface area contributed by atoms with E-state index in [4.69, 9.17) is 11.6 Å². The Morgan fingerprint density at radius 3 is 2.38 bits per heavy atom. The van der Waals surface area contributed by atoms with Crippen LogP contribution in [-0.4, -0.2) is 5.24 Å². The monoisotopic (exact) mass is 294 g/mol. The molecule has 0 aromatic heterocycles. The maximum absolute atomic E-state index is 11.3. The molecule has 0 spiro atoms. The predicted octanol–water partition coefficient (Wildman–Crippen LogP) is 4.50. The van der Waals surface area contributed by atoms with Gasteiger partial charge in [-0.2, -0.15) is 0 Å². The van der Waals surface area contributed by atoms with Crippen molar-refractivity contribution in [2.45, 2.75) is 0 Å². The summed E-state index contributed by atoms with van der Waals surface area (Å²) in [6.07, 6.45) is 0. The minimum absolute atomic E-state index is 0.439. The third-order valence-electron chi connectivity index (χ3n) is 2.28. The summed E-state index contributed by atoms with van der Waals surface area (Å²) in [6.45, 7) is 0. The zero-order valence-electron chi connectivity index (χ0n) is 8.28. The molecule has 0 amide bonds. The van der Waals surface area contributed by atoms with Crippen molar-refractivity contribution in [1.82, 2.24) is 0 Å². The van der Waals surface area contributed by atoms with Crippen LogP contribution < -0.4 is 0 Å². The van der Waals surface area contributed by atoms with Crippen LogP contribution in [0.1, 0.15) is 10.4 Å². The average Bonchev–Trinajstić information content (AvgIpc) is 2.29. The number of hydrogen-bond acceptors (Lipinski definition) is 1.